The Hall–Kier alpha value is -0.570. The van der Waals surface area contributed by atoms with Crippen LogP contribution in [-0.2, 0) is 4.79 Å². The molecule has 1 aliphatic rings. The summed E-state index contributed by atoms with van der Waals surface area (Å²) >= 11 is 0. The number of carbonyl (C=O) groups is 1. The van der Waals surface area contributed by atoms with Crippen molar-refractivity contribution in [1.82, 2.24) is 4.90 Å². The van der Waals surface area contributed by atoms with E-state index >= 15 is 0 Å². The van der Waals surface area contributed by atoms with Crippen LogP contribution in [0.15, 0.2) is 0 Å². The summed E-state index contributed by atoms with van der Waals surface area (Å²) in [5, 5.41) is 9.33. The van der Waals surface area contributed by atoms with Crippen LogP contribution in [0, 0.1) is 11.3 Å². The first-order chi connectivity index (χ1) is 7.48. The number of piperidine rings is 1. The molecule has 0 radical (unpaired) electrons. The molecule has 1 N–H and O–H groups in total. The molecule has 0 aromatic carbocycles. The highest BCUT2D eigenvalue weighted by Gasteiger charge is 2.35. The molecule has 0 amide bonds. The topological polar surface area (TPSA) is 40.5 Å². The molecule has 2 unspecified atom stereocenters. The predicted molar refractivity (Wildman–Crippen MR) is 65.5 cm³/mol. The number of nitrogens with zero attached hydrogens (tertiary/aromatic N) is 1. The van der Waals surface area contributed by atoms with E-state index in [0.717, 1.165) is 25.9 Å². The lowest BCUT2D eigenvalue weighted by Gasteiger charge is -2.36. The van der Waals surface area contributed by atoms with Gasteiger partial charge in [-0.15, -0.1) is 0 Å². The summed E-state index contributed by atoms with van der Waals surface area (Å²) in [7, 11) is 0. The van der Waals surface area contributed by atoms with Crippen molar-refractivity contribution < 1.29 is 9.90 Å². The third-order valence-corrected chi connectivity index (χ3v) is 3.63. The van der Waals surface area contributed by atoms with Gasteiger partial charge in [-0.3, -0.25) is 4.79 Å². The first-order valence-corrected chi connectivity index (χ1v) is 6.43. The van der Waals surface area contributed by atoms with Gasteiger partial charge in [-0.25, -0.2) is 0 Å². The van der Waals surface area contributed by atoms with E-state index in [4.69, 9.17) is 0 Å². The number of likely N-dealkylation sites (tertiary alicyclic amines) is 1. The Morgan fingerprint density at radius 3 is 2.75 bits per heavy atom. The maximum atomic E-state index is 11.3. The second kappa shape index (κ2) is 5.67. The van der Waals surface area contributed by atoms with Crippen LogP contribution in [0.4, 0.5) is 0 Å². The van der Waals surface area contributed by atoms with Crippen LogP contribution in [0.3, 0.4) is 0 Å². The maximum Gasteiger partial charge on any atom is 0.310 e. The highest BCUT2D eigenvalue weighted by molar-refractivity contribution is 5.74. The first-order valence-electron chi connectivity index (χ1n) is 6.43. The van der Waals surface area contributed by atoms with Crippen LogP contribution in [0.25, 0.3) is 0 Å². The molecule has 1 heterocycles. The van der Waals surface area contributed by atoms with E-state index in [1.807, 2.05) is 6.92 Å². The summed E-state index contributed by atoms with van der Waals surface area (Å²) in [6.45, 7) is 9.03. The number of carboxylic acids is 1. The van der Waals surface area contributed by atoms with Gasteiger partial charge in [0.15, 0.2) is 0 Å². The largest absolute Gasteiger partial charge is 0.481 e. The van der Waals surface area contributed by atoms with Gasteiger partial charge >= 0.3 is 5.97 Å². The van der Waals surface area contributed by atoms with Crippen molar-refractivity contribution in [2.45, 2.75) is 46.5 Å². The lowest BCUT2D eigenvalue weighted by molar-refractivity contribution is -0.149. The Morgan fingerprint density at radius 1 is 1.56 bits per heavy atom. The lowest BCUT2D eigenvalue weighted by atomic mass is 9.84. The second-order valence-corrected chi connectivity index (χ2v) is 5.60. The molecule has 2 atom stereocenters. The van der Waals surface area contributed by atoms with Gasteiger partial charge in [0.05, 0.1) is 5.41 Å². The number of hydrogen-bond acceptors (Lipinski definition) is 2. The highest BCUT2D eigenvalue weighted by Crippen LogP contribution is 2.27. The Balaban J connectivity index is 2.57. The molecule has 3 nitrogen and oxygen atoms in total. The fourth-order valence-electron chi connectivity index (χ4n) is 2.73. The maximum absolute atomic E-state index is 11.3. The summed E-state index contributed by atoms with van der Waals surface area (Å²) in [4.78, 5) is 13.7. The number of carboxylic acid groups (broad SMARTS) is 1. The van der Waals surface area contributed by atoms with Crippen molar-refractivity contribution in [2.24, 2.45) is 11.3 Å². The van der Waals surface area contributed by atoms with Gasteiger partial charge in [-0.05, 0) is 38.6 Å². The number of hydrogen-bond donors (Lipinski definition) is 1. The standard InChI is InChI=1S/C13H25NO2/c1-4-7-13(3,12(15)16)10-14-8-5-6-11(2)9-14/h11H,4-10H2,1-3H3,(H,15,16). The molecule has 16 heavy (non-hydrogen) atoms. The molecule has 0 bridgehead atoms. The zero-order valence-electron chi connectivity index (χ0n) is 10.8. The van der Waals surface area contributed by atoms with Crippen molar-refractivity contribution in [3.05, 3.63) is 0 Å². The van der Waals surface area contributed by atoms with Gasteiger partial charge in [0.25, 0.3) is 0 Å². The summed E-state index contributed by atoms with van der Waals surface area (Å²) in [5.74, 6) is 0.0704. The average Bonchev–Trinajstić information content (AvgIpc) is 2.17. The molecule has 3 heteroatoms. The van der Waals surface area contributed by atoms with Gasteiger partial charge in [0.2, 0.25) is 0 Å². The van der Waals surface area contributed by atoms with E-state index in [-0.39, 0.29) is 0 Å². The van der Waals surface area contributed by atoms with Crippen molar-refractivity contribution in [3.8, 4) is 0 Å². The van der Waals surface area contributed by atoms with Gasteiger partial charge < -0.3 is 10.0 Å². The van der Waals surface area contributed by atoms with Crippen LogP contribution in [0.5, 0.6) is 0 Å². The molecule has 94 valence electrons. The SMILES string of the molecule is CCCC(C)(CN1CCCC(C)C1)C(=O)O. The normalized spacial score (nSPS) is 26.3. The third-order valence-electron chi connectivity index (χ3n) is 3.63. The zero-order chi connectivity index (χ0) is 12.2. The Bertz CT molecular complexity index is 242. The summed E-state index contributed by atoms with van der Waals surface area (Å²) in [5.41, 5.74) is -0.564. The van der Waals surface area contributed by atoms with Gasteiger partial charge in [-0.1, -0.05) is 20.3 Å². The second-order valence-electron chi connectivity index (χ2n) is 5.60. The van der Waals surface area contributed by atoms with Gasteiger partial charge in [0, 0.05) is 13.1 Å². The smallest absolute Gasteiger partial charge is 0.310 e. The fraction of sp³-hybridized carbons (Fsp3) is 0.923. The number of aliphatic carboxylic acids is 1. The molecular formula is C13H25NO2. The van der Waals surface area contributed by atoms with Crippen molar-refractivity contribution in [1.29, 1.82) is 0 Å². The minimum atomic E-state index is -0.646. The van der Waals surface area contributed by atoms with Crippen LogP contribution in [0.2, 0.25) is 0 Å². The monoisotopic (exact) mass is 227 g/mol. The van der Waals surface area contributed by atoms with E-state index in [2.05, 4.69) is 18.7 Å². The summed E-state index contributed by atoms with van der Waals surface area (Å²) in [6, 6.07) is 0. The fourth-order valence-corrected chi connectivity index (χ4v) is 2.73. The molecular weight excluding hydrogens is 202 g/mol. The Morgan fingerprint density at radius 2 is 2.25 bits per heavy atom. The molecule has 0 aliphatic carbocycles. The van der Waals surface area contributed by atoms with Crippen LogP contribution < -0.4 is 0 Å². The third kappa shape index (κ3) is 3.48. The van der Waals surface area contributed by atoms with Gasteiger partial charge in [0.1, 0.15) is 0 Å². The molecule has 1 fully saturated rings. The molecule has 0 spiro atoms. The van der Waals surface area contributed by atoms with E-state index in [0.29, 0.717) is 12.5 Å². The number of rotatable bonds is 5. The molecule has 0 saturated carbocycles. The summed E-state index contributed by atoms with van der Waals surface area (Å²) < 4.78 is 0. The molecule has 1 aliphatic heterocycles. The summed E-state index contributed by atoms with van der Waals surface area (Å²) in [6.07, 6.45) is 4.20. The predicted octanol–water partition coefficient (Wildman–Crippen LogP) is 2.61. The quantitative estimate of drug-likeness (QED) is 0.785. The molecule has 1 saturated heterocycles. The van der Waals surface area contributed by atoms with Crippen LogP contribution in [0.1, 0.15) is 46.5 Å². The van der Waals surface area contributed by atoms with E-state index in [9.17, 15) is 9.90 Å². The highest BCUT2D eigenvalue weighted by atomic mass is 16.4. The van der Waals surface area contributed by atoms with Gasteiger partial charge in [-0.2, -0.15) is 0 Å². The minimum absolute atomic E-state index is 0.564. The minimum Gasteiger partial charge on any atom is -0.481 e. The van der Waals surface area contributed by atoms with E-state index < -0.39 is 11.4 Å². The Labute approximate surface area is 98.8 Å². The van der Waals surface area contributed by atoms with Crippen LogP contribution >= 0.6 is 0 Å². The molecule has 1 rings (SSSR count). The van der Waals surface area contributed by atoms with Crippen LogP contribution in [-0.4, -0.2) is 35.6 Å². The lowest BCUT2D eigenvalue weighted by Crippen LogP contribution is -2.45. The molecule has 0 aromatic rings. The van der Waals surface area contributed by atoms with Crippen molar-refractivity contribution in [2.75, 3.05) is 19.6 Å². The van der Waals surface area contributed by atoms with E-state index in [1.165, 1.54) is 12.8 Å². The Kier molecular flexibility index (Phi) is 4.78. The first kappa shape index (κ1) is 13.5. The van der Waals surface area contributed by atoms with Crippen molar-refractivity contribution in [3.63, 3.8) is 0 Å². The zero-order valence-corrected chi connectivity index (χ0v) is 10.8. The van der Waals surface area contributed by atoms with E-state index in [1.54, 1.807) is 0 Å². The molecule has 0 aromatic heterocycles. The average molecular weight is 227 g/mol. The van der Waals surface area contributed by atoms with Crippen molar-refractivity contribution >= 4 is 5.97 Å².